The van der Waals surface area contributed by atoms with Gasteiger partial charge in [-0.05, 0) is 0 Å². The number of hydrogen-bond acceptors (Lipinski definition) is 17. The van der Waals surface area contributed by atoms with Gasteiger partial charge >= 0.3 is 81.1 Å². The molecular formula is C10H12Li4N5O14P3. The van der Waals surface area contributed by atoms with E-state index in [0.29, 0.717) is 0 Å². The Kier molecular flexibility index (Phi) is 15.7. The second-order valence-corrected chi connectivity index (χ2v) is 10.4. The molecule has 2 unspecified atom stereocenters. The standard InChI is InChI=1S/C10H16N5O14P3.4Li/c11-7-4-8(14-10(18)13-7)15(2-12-4)9-6(17)5(16)3(27-9)1-26-31(22,23)29-32(24,25)28-30(19,20)21;;;;/h2-3,5-6,9,16-17H,1H2,(H,22,23)(H,24,25)(H2,19,20,21)(H3,11,13,14,18);;;;/q;4*+1/p-4/t3-,5-,6-,9-;;;;/m1..../s1. The van der Waals surface area contributed by atoms with Crippen LogP contribution in [0.4, 0.5) is 5.82 Å². The summed E-state index contributed by atoms with van der Waals surface area (Å²) in [5.41, 5.74) is 4.61. The Morgan fingerprint density at radius 3 is 2.19 bits per heavy atom. The number of phosphoric acid groups is 3. The normalized spacial score (nSPS) is 24.8. The molecule has 3 rings (SSSR count). The van der Waals surface area contributed by atoms with Crippen LogP contribution in [-0.4, -0.2) is 54.7 Å². The molecule has 5 N–H and O–H groups in total. The fraction of sp³-hybridized carbons (Fsp3) is 0.500. The second kappa shape index (κ2) is 14.5. The van der Waals surface area contributed by atoms with Gasteiger partial charge in [-0.25, -0.2) is 14.1 Å². The van der Waals surface area contributed by atoms with Crippen molar-refractivity contribution in [1.82, 2.24) is 19.5 Å². The zero-order valence-electron chi connectivity index (χ0n) is 19.1. The van der Waals surface area contributed by atoms with E-state index in [0.717, 1.165) is 10.9 Å². The van der Waals surface area contributed by atoms with Crippen LogP contribution in [0, 0.1) is 0 Å². The summed E-state index contributed by atoms with van der Waals surface area (Å²) in [5, 5.41) is 20.3. The number of rotatable bonds is 8. The quantitative estimate of drug-likeness (QED) is 0.176. The van der Waals surface area contributed by atoms with Crippen molar-refractivity contribution in [1.29, 1.82) is 0 Å². The van der Waals surface area contributed by atoms with Crippen LogP contribution in [0.1, 0.15) is 6.23 Å². The molecule has 2 aromatic rings. The molecule has 180 valence electrons. The average Bonchev–Trinajstić information content (AvgIpc) is 3.12. The molecule has 6 atom stereocenters. The Hall–Kier alpha value is 0.830. The Bertz CT molecular complexity index is 1230. The van der Waals surface area contributed by atoms with E-state index >= 15 is 0 Å². The van der Waals surface area contributed by atoms with Gasteiger partial charge in [-0.15, -0.1) is 0 Å². The number of ether oxygens (including phenoxy) is 1. The van der Waals surface area contributed by atoms with E-state index < -0.39 is 60.3 Å². The summed E-state index contributed by atoms with van der Waals surface area (Å²) in [5.74, 6) is -0.152. The molecule has 0 saturated carbocycles. The number of phosphoric ester groups is 1. The van der Waals surface area contributed by atoms with Gasteiger partial charge in [0.05, 0.1) is 20.8 Å². The molecule has 0 spiro atoms. The molecule has 36 heavy (non-hydrogen) atoms. The Labute approximate surface area is 249 Å². The SMILES string of the molecule is Nc1[nH]c(=O)nc2c1ncn2[C@@H]1O[C@H](COP(=O)([O-])OP(=O)([O-])OP(=O)([O-])[O-])[C@@H](O)[C@H]1O.[Li+].[Li+].[Li+].[Li+]. The molecule has 1 fully saturated rings. The van der Waals surface area contributed by atoms with Crippen molar-refractivity contribution in [3.05, 3.63) is 16.8 Å². The third-order valence-electron chi connectivity index (χ3n) is 3.88. The molecule has 0 aromatic carbocycles. The van der Waals surface area contributed by atoms with E-state index in [1.54, 1.807) is 0 Å². The van der Waals surface area contributed by atoms with E-state index in [-0.39, 0.29) is 92.4 Å². The Morgan fingerprint density at radius 2 is 1.64 bits per heavy atom. The van der Waals surface area contributed by atoms with Crippen molar-refractivity contribution in [2.75, 3.05) is 12.3 Å². The summed E-state index contributed by atoms with van der Waals surface area (Å²) in [4.78, 5) is 64.6. The predicted octanol–water partition coefficient (Wildman–Crippen LogP) is -16.8. The molecule has 1 saturated heterocycles. The maximum atomic E-state index is 11.6. The molecule has 0 radical (unpaired) electrons. The summed E-state index contributed by atoms with van der Waals surface area (Å²) >= 11 is 0. The smallest absolute Gasteiger partial charge is 0.790 e. The second-order valence-electron chi connectivity index (χ2n) is 6.13. The van der Waals surface area contributed by atoms with Crippen LogP contribution in [0.3, 0.4) is 0 Å². The van der Waals surface area contributed by atoms with Crippen molar-refractivity contribution in [2.24, 2.45) is 0 Å². The molecule has 0 bridgehead atoms. The van der Waals surface area contributed by atoms with E-state index in [1.165, 1.54) is 0 Å². The van der Waals surface area contributed by atoms with Crippen molar-refractivity contribution < 1.29 is 137 Å². The van der Waals surface area contributed by atoms with Crippen LogP contribution >= 0.6 is 23.5 Å². The first kappa shape index (κ1) is 39.0. The first-order valence-corrected chi connectivity index (χ1v) is 12.4. The minimum Gasteiger partial charge on any atom is -0.790 e. The van der Waals surface area contributed by atoms with Crippen LogP contribution < -0.4 is 106 Å². The molecule has 3 heterocycles. The van der Waals surface area contributed by atoms with Crippen LogP contribution in [0.5, 0.6) is 0 Å². The first-order valence-electron chi connectivity index (χ1n) is 8.04. The molecule has 0 amide bonds. The fourth-order valence-electron chi connectivity index (χ4n) is 2.68. The first-order chi connectivity index (χ1) is 14.6. The molecule has 19 nitrogen and oxygen atoms in total. The monoisotopic (exact) mass is 547 g/mol. The number of fused-ring (bicyclic) bond motifs is 1. The van der Waals surface area contributed by atoms with Crippen molar-refractivity contribution in [2.45, 2.75) is 24.5 Å². The van der Waals surface area contributed by atoms with E-state index in [9.17, 15) is 48.3 Å². The summed E-state index contributed by atoms with van der Waals surface area (Å²) < 4.78 is 50.0. The molecular weight excluding hydrogens is 535 g/mol. The predicted molar refractivity (Wildman–Crippen MR) is 89.4 cm³/mol. The molecule has 0 aliphatic carbocycles. The van der Waals surface area contributed by atoms with Gasteiger partial charge in [-0.3, -0.25) is 23.0 Å². The molecule has 2 aromatic heterocycles. The number of aromatic nitrogens is 4. The summed E-state index contributed by atoms with van der Waals surface area (Å²) in [6.45, 7) is -1.13. The maximum Gasteiger partial charge on any atom is 1.00 e. The topological polar surface area (TPSA) is 310 Å². The van der Waals surface area contributed by atoms with Gasteiger partial charge in [0.15, 0.2) is 11.9 Å². The number of aliphatic hydroxyl groups is 2. The minimum atomic E-state index is -6.17. The van der Waals surface area contributed by atoms with Crippen LogP contribution in [0.25, 0.3) is 11.2 Å². The number of anilines is 1. The fourth-order valence-corrected chi connectivity index (χ4v) is 5.55. The third-order valence-corrected chi connectivity index (χ3v) is 7.55. The van der Waals surface area contributed by atoms with Gasteiger partial charge < -0.3 is 49.3 Å². The molecule has 1 aliphatic heterocycles. The number of H-pyrrole nitrogens is 1. The number of hydrogen-bond donors (Lipinski definition) is 4. The number of nitrogens with two attached hydrogens (primary N) is 1. The number of nitrogens with one attached hydrogen (secondary N) is 1. The van der Waals surface area contributed by atoms with Crippen molar-refractivity contribution in [3.8, 4) is 0 Å². The number of aliphatic hydroxyl groups excluding tert-OH is 2. The third kappa shape index (κ3) is 9.78. The zero-order chi connectivity index (χ0) is 24.1. The number of aromatic amines is 1. The van der Waals surface area contributed by atoms with Gasteiger partial charge in [0.25, 0.3) is 15.6 Å². The van der Waals surface area contributed by atoms with E-state index in [1.807, 2.05) is 0 Å². The van der Waals surface area contributed by atoms with Gasteiger partial charge in [-0.1, -0.05) is 0 Å². The van der Waals surface area contributed by atoms with Crippen LogP contribution in [-0.2, 0) is 31.6 Å². The van der Waals surface area contributed by atoms with Gasteiger partial charge in [0, 0.05) is 0 Å². The zero-order valence-corrected chi connectivity index (χ0v) is 21.8. The Balaban J connectivity index is 0. The Morgan fingerprint density at radius 1 is 1.06 bits per heavy atom. The number of nitrogens with zero attached hydrogens (tertiary/aromatic N) is 3. The van der Waals surface area contributed by atoms with Gasteiger partial charge in [0.2, 0.25) is 0 Å². The summed E-state index contributed by atoms with van der Waals surface area (Å²) in [6.07, 6.45) is -5.58. The number of nitrogen functional groups attached to an aromatic ring is 1. The van der Waals surface area contributed by atoms with Gasteiger partial charge in [-0.2, -0.15) is 4.98 Å². The van der Waals surface area contributed by atoms with Crippen molar-refractivity contribution in [3.63, 3.8) is 0 Å². The summed E-state index contributed by atoms with van der Waals surface area (Å²) in [7, 11) is -18.2. The van der Waals surface area contributed by atoms with Gasteiger partial charge in [0.1, 0.15) is 29.6 Å². The largest absolute Gasteiger partial charge is 1.00 e. The van der Waals surface area contributed by atoms with E-state index in [4.69, 9.17) is 10.5 Å². The molecule has 1 aliphatic rings. The van der Waals surface area contributed by atoms with E-state index in [2.05, 4.69) is 28.1 Å². The maximum absolute atomic E-state index is 11.6. The summed E-state index contributed by atoms with van der Waals surface area (Å²) in [6, 6.07) is 0. The number of imidazole rings is 1. The van der Waals surface area contributed by atoms with Crippen LogP contribution in [0.15, 0.2) is 11.1 Å². The minimum absolute atomic E-state index is 0. The average molecular weight is 547 g/mol. The van der Waals surface area contributed by atoms with Crippen LogP contribution in [0.2, 0.25) is 0 Å². The van der Waals surface area contributed by atoms with Crippen molar-refractivity contribution >= 4 is 40.4 Å². The molecule has 26 heteroatoms.